The van der Waals surface area contributed by atoms with Crippen LogP contribution in [0.15, 0.2) is 53.4 Å². The molecule has 0 bridgehead atoms. The Balaban J connectivity index is 2.29. The van der Waals surface area contributed by atoms with Crippen molar-refractivity contribution < 1.29 is 22.4 Å². The Hall–Kier alpha value is -2.78. The lowest BCUT2D eigenvalue weighted by molar-refractivity contribution is -0.140. The van der Waals surface area contributed by atoms with Crippen molar-refractivity contribution in [3.63, 3.8) is 0 Å². The molecule has 2 rings (SSSR count). The standard InChI is InChI=1S/C24H32FN3O4S/c1-6-18(3)26-24(30)19(4)28(15-20-9-7-8-10-22(20)25)23(29)16-27(5)33(31,32)21-13-11-17(2)12-14-21/h7-14,18-19H,6,15-16H2,1-5H3,(H,26,30)/t18-,19-/m1/s1. The summed E-state index contributed by atoms with van der Waals surface area (Å²) < 4.78 is 41.1. The summed E-state index contributed by atoms with van der Waals surface area (Å²) in [6.07, 6.45) is 0.706. The largest absolute Gasteiger partial charge is 0.352 e. The zero-order chi connectivity index (χ0) is 24.8. The van der Waals surface area contributed by atoms with E-state index in [2.05, 4.69) is 5.32 Å². The van der Waals surface area contributed by atoms with Gasteiger partial charge in [-0.1, -0.05) is 42.8 Å². The van der Waals surface area contributed by atoms with Gasteiger partial charge in [0.05, 0.1) is 11.4 Å². The molecule has 2 amide bonds. The summed E-state index contributed by atoms with van der Waals surface area (Å²) in [6.45, 7) is 6.49. The van der Waals surface area contributed by atoms with Crippen LogP contribution < -0.4 is 5.32 Å². The van der Waals surface area contributed by atoms with Gasteiger partial charge in [-0.2, -0.15) is 4.31 Å². The van der Waals surface area contributed by atoms with Crippen LogP contribution in [-0.4, -0.2) is 55.1 Å². The predicted molar refractivity (Wildman–Crippen MR) is 125 cm³/mol. The number of carbonyl (C=O) groups is 2. The summed E-state index contributed by atoms with van der Waals surface area (Å²) in [6, 6.07) is 11.2. The molecule has 0 saturated carbocycles. The monoisotopic (exact) mass is 477 g/mol. The Kier molecular flexibility index (Phi) is 9.13. The molecule has 33 heavy (non-hydrogen) atoms. The first-order valence-electron chi connectivity index (χ1n) is 10.8. The first-order valence-corrected chi connectivity index (χ1v) is 12.3. The number of nitrogens with one attached hydrogen (secondary N) is 1. The third-order valence-corrected chi connectivity index (χ3v) is 7.37. The second-order valence-corrected chi connectivity index (χ2v) is 10.2. The lowest BCUT2D eigenvalue weighted by Gasteiger charge is -2.31. The molecule has 0 spiro atoms. The van der Waals surface area contributed by atoms with Crippen LogP contribution in [0.25, 0.3) is 0 Å². The van der Waals surface area contributed by atoms with E-state index in [-0.39, 0.29) is 23.0 Å². The van der Waals surface area contributed by atoms with Gasteiger partial charge in [0.2, 0.25) is 21.8 Å². The number of carbonyl (C=O) groups excluding carboxylic acids is 2. The third kappa shape index (κ3) is 6.85. The fraction of sp³-hybridized carbons (Fsp3) is 0.417. The molecule has 7 nitrogen and oxygen atoms in total. The molecular weight excluding hydrogens is 445 g/mol. The molecule has 1 N–H and O–H groups in total. The maximum Gasteiger partial charge on any atom is 0.243 e. The van der Waals surface area contributed by atoms with Gasteiger partial charge in [0.1, 0.15) is 11.9 Å². The van der Waals surface area contributed by atoms with Gasteiger partial charge in [-0.25, -0.2) is 12.8 Å². The average Bonchev–Trinajstić information content (AvgIpc) is 2.78. The Morgan fingerprint density at radius 2 is 1.67 bits per heavy atom. The van der Waals surface area contributed by atoms with Crippen LogP contribution in [0, 0.1) is 12.7 Å². The van der Waals surface area contributed by atoms with Crippen LogP contribution in [0.1, 0.15) is 38.3 Å². The highest BCUT2D eigenvalue weighted by Gasteiger charge is 2.31. The molecule has 0 aliphatic carbocycles. The van der Waals surface area contributed by atoms with E-state index in [9.17, 15) is 22.4 Å². The smallest absolute Gasteiger partial charge is 0.243 e. The van der Waals surface area contributed by atoms with Gasteiger partial charge in [0.15, 0.2) is 0 Å². The van der Waals surface area contributed by atoms with Gasteiger partial charge in [0, 0.05) is 25.2 Å². The highest BCUT2D eigenvalue weighted by atomic mass is 32.2. The minimum atomic E-state index is -3.92. The predicted octanol–water partition coefficient (Wildman–Crippen LogP) is 3.09. The van der Waals surface area contributed by atoms with Crippen molar-refractivity contribution in [3.05, 3.63) is 65.5 Å². The van der Waals surface area contributed by atoms with E-state index < -0.39 is 40.2 Å². The average molecular weight is 478 g/mol. The zero-order valence-electron chi connectivity index (χ0n) is 19.7. The Bertz CT molecular complexity index is 1070. The number of aryl methyl sites for hydroxylation is 1. The minimum absolute atomic E-state index is 0.0617. The number of hydrogen-bond donors (Lipinski definition) is 1. The van der Waals surface area contributed by atoms with Crippen molar-refractivity contribution in [1.82, 2.24) is 14.5 Å². The van der Waals surface area contributed by atoms with Gasteiger partial charge in [-0.3, -0.25) is 9.59 Å². The maximum atomic E-state index is 14.3. The summed E-state index contributed by atoms with van der Waals surface area (Å²) in [5, 5.41) is 2.82. The van der Waals surface area contributed by atoms with Crippen LogP contribution in [0.3, 0.4) is 0 Å². The molecule has 0 radical (unpaired) electrons. The second-order valence-electron chi connectivity index (χ2n) is 8.18. The van der Waals surface area contributed by atoms with E-state index in [1.54, 1.807) is 25.1 Å². The van der Waals surface area contributed by atoms with Crippen molar-refractivity contribution in [2.45, 2.75) is 57.6 Å². The van der Waals surface area contributed by atoms with E-state index in [0.717, 1.165) is 9.87 Å². The van der Waals surface area contributed by atoms with Gasteiger partial charge < -0.3 is 10.2 Å². The first kappa shape index (κ1) is 26.5. The number of rotatable bonds is 10. The number of hydrogen-bond acceptors (Lipinski definition) is 4. The van der Waals surface area contributed by atoms with Crippen LogP contribution >= 0.6 is 0 Å². The molecule has 2 aromatic rings. The molecule has 9 heteroatoms. The lowest BCUT2D eigenvalue weighted by Crippen LogP contribution is -2.52. The zero-order valence-corrected chi connectivity index (χ0v) is 20.5. The van der Waals surface area contributed by atoms with Crippen LogP contribution in [-0.2, 0) is 26.2 Å². The third-order valence-electron chi connectivity index (χ3n) is 5.55. The summed E-state index contributed by atoms with van der Waals surface area (Å²) >= 11 is 0. The molecule has 0 unspecified atom stereocenters. The van der Waals surface area contributed by atoms with Gasteiger partial charge >= 0.3 is 0 Å². The number of likely N-dealkylation sites (N-methyl/N-ethyl adjacent to an activating group) is 1. The topological polar surface area (TPSA) is 86.8 Å². The first-order chi connectivity index (χ1) is 15.5. The van der Waals surface area contributed by atoms with E-state index in [1.807, 2.05) is 20.8 Å². The van der Waals surface area contributed by atoms with Gasteiger partial charge in [-0.05, 0) is 45.4 Å². The van der Waals surface area contributed by atoms with E-state index in [4.69, 9.17) is 0 Å². The van der Waals surface area contributed by atoms with Crippen molar-refractivity contribution in [3.8, 4) is 0 Å². The molecular formula is C24H32FN3O4S. The fourth-order valence-electron chi connectivity index (χ4n) is 3.11. The lowest BCUT2D eigenvalue weighted by atomic mass is 10.1. The van der Waals surface area contributed by atoms with E-state index in [1.165, 1.54) is 42.3 Å². The van der Waals surface area contributed by atoms with E-state index in [0.29, 0.717) is 6.42 Å². The van der Waals surface area contributed by atoms with Gasteiger partial charge in [0.25, 0.3) is 0 Å². The highest BCUT2D eigenvalue weighted by Crippen LogP contribution is 2.17. The van der Waals surface area contributed by atoms with Gasteiger partial charge in [-0.15, -0.1) is 0 Å². The summed E-state index contributed by atoms with van der Waals surface area (Å²) in [5.74, 6) is -1.51. The van der Waals surface area contributed by atoms with E-state index >= 15 is 0 Å². The summed E-state index contributed by atoms with van der Waals surface area (Å²) in [7, 11) is -2.62. The Morgan fingerprint density at radius 3 is 2.24 bits per heavy atom. The number of amides is 2. The molecule has 2 aromatic carbocycles. The number of benzene rings is 2. The summed E-state index contributed by atoms with van der Waals surface area (Å²) in [5.41, 5.74) is 1.14. The van der Waals surface area contributed by atoms with Crippen molar-refractivity contribution in [1.29, 1.82) is 0 Å². The maximum absolute atomic E-state index is 14.3. The highest BCUT2D eigenvalue weighted by molar-refractivity contribution is 7.89. The van der Waals surface area contributed by atoms with Crippen LogP contribution in [0.4, 0.5) is 4.39 Å². The minimum Gasteiger partial charge on any atom is -0.352 e. The van der Waals surface area contributed by atoms with Crippen molar-refractivity contribution in [2.24, 2.45) is 0 Å². The second kappa shape index (κ2) is 11.4. The SMILES string of the molecule is CC[C@@H](C)NC(=O)[C@@H](C)N(Cc1ccccc1F)C(=O)CN(C)S(=O)(=O)c1ccc(C)cc1. The van der Waals surface area contributed by atoms with Crippen molar-refractivity contribution in [2.75, 3.05) is 13.6 Å². The molecule has 0 fully saturated rings. The molecule has 2 atom stereocenters. The molecule has 0 aliphatic rings. The molecule has 0 saturated heterocycles. The summed E-state index contributed by atoms with van der Waals surface area (Å²) in [4.78, 5) is 27.2. The Morgan fingerprint density at radius 1 is 1.06 bits per heavy atom. The molecule has 0 aromatic heterocycles. The molecule has 0 heterocycles. The molecule has 0 aliphatic heterocycles. The number of nitrogens with zero attached hydrogens (tertiary/aromatic N) is 2. The quantitative estimate of drug-likeness (QED) is 0.570. The van der Waals surface area contributed by atoms with Crippen molar-refractivity contribution >= 4 is 21.8 Å². The fourth-order valence-corrected chi connectivity index (χ4v) is 4.24. The normalized spacial score (nSPS) is 13.4. The number of halogens is 1. The van der Waals surface area contributed by atoms with Crippen LogP contribution in [0.5, 0.6) is 0 Å². The van der Waals surface area contributed by atoms with Crippen LogP contribution in [0.2, 0.25) is 0 Å². The molecule has 180 valence electrons. The number of sulfonamides is 1. The Labute approximate surface area is 195 Å².